The maximum atomic E-state index is 2.14. The summed E-state index contributed by atoms with van der Waals surface area (Å²) in [6, 6.07) is 10.5. The summed E-state index contributed by atoms with van der Waals surface area (Å²) in [4.78, 5) is 0. The Balaban J connectivity index is 0.000000500. The molecule has 0 N–H and O–H groups in total. The minimum absolute atomic E-state index is 0. The van der Waals surface area contributed by atoms with Gasteiger partial charge in [-0.15, -0.1) is 11.3 Å². The minimum atomic E-state index is 0. The van der Waals surface area contributed by atoms with Crippen LogP contribution in [0.3, 0.4) is 0 Å². The largest absolute Gasteiger partial charge is 0.144 e. The number of fused-ring (bicyclic) bond motifs is 1. The number of nitrogens with zero attached hydrogens (tertiary/aromatic N) is 1. The van der Waals surface area contributed by atoms with Crippen LogP contribution in [0, 0.1) is 0 Å². The van der Waals surface area contributed by atoms with Gasteiger partial charge in [-0.2, -0.15) is 0 Å². The van der Waals surface area contributed by atoms with Gasteiger partial charge in [-0.3, -0.25) is 0 Å². The smallest absolute Gasteiger partial charge is 0.0342 e. The van der Waals surface area contributed by atoms with Crippen LogP contribution in [-0.4, -0.2) is 0 Å². The molecule has 0 saturated carbocycles. The van der Waals surface area contributed by atoms with Crippen LogP contribution in [0.25, 0.3) is 10.1 Å². The van der Waals surface area contributed by atoms with Crippen LogP contribution in [0.2, 0.25) is 0 Å². The van der Waals surface area contributed by atoms with E-state index >= 15 is 0 Å². The number of rotatable bonds is 0. The minimum Gasteiger partial charge on any atom is -0.144 e. The van der Waals surface area contributed by atoms with Gasteiger partial charge in [0.15, 0.2) is 0 Å². The van der Waals surface area contributed by atoms with Gasteiger partial charge in [-0.1, -0.05) is 18.2 Å². The summed E-state index contributed by atoms with van der Waals surface area (Å²) in [7, 11) is 0. The van der Waals surface area contributed by atoms with E-state index in [0.29, 0.717) is 0 Å². The molecule has 0 aliphatic heterocycles. The van der Waals surface area contributed by atoms with Gasteiger partial charge in [0.2, 0.25) is 0 Å². The lowest BCUT2D eigenvalue weighted by molar-refractivity contribution is 1.86. The Hall–Kier alpha value is -0.860. The van der Waals surface area contributed by atoms with Crippen LogP contribution in [0.4, 0.5) is 0 Å². The van der Waals surface area contributed by atoms with E-state index in [1.807, 2.05) is 0 Å². The summed E-state index contributed by atoms with van der Waals surface area (Å²) in [5.74, 6) is 0. The zero-order valence-electron chi connectivity index (χ0n) is 5.32. The van der Waals surface area contributed by atoms with Gasteiger partial charge in [-0.05, 0) is 22.9 Å². The highest BCUT2D eigenvalue weighted by molar-refractivity contribution is 7.17. The van der Waals surface area contributed by atoms with Crippen molar-refractivity contribution in [2.75, 3.05) is 0 Å². The second-order valence-corrected chi connectivity index (χ2v) is 2.91. The fraction of sp³-hybridized carbons (Fsp3) is 0. The molecular formula is C8H6NS. The zero-order chi connectivity index (χ0) is 6.10. The summed E-state index contributed by atoms with van der Waals surface area (Å²) >= 11 is 1.79. The molecule has 1 nitrogen and oxygen atoms in total. The van der Waals surface area contributed by atoms with Crippen molar-refractivity contribution in [2.24, 2.45) is 0 Å². The molecule has 0 unspecified atom stereocenters. The predicted molar refractivity (Wildman–Crippen MR) is 44.0 cm³/mol. The number of hydrogen-bond acceptors (Lipinski definition) is 1. The number of thiophene rings is 1. The lowest BCUT2D eigenvalue weighted by Crippen LogP contribution is -1.56. The van der Waals surface area contributed by atoms with Crippen molar-refractivity contribution in [3.05, 3.63) is 35.7 Å². The molecule has 0 aliphatic carbocycles. The average Bonchev–Trinajstić information content (AvgIpc) is 2.33. The fourth-order valence-electron chi connectivity index (χ4n) is 0.906. The fourth-order valence-corrected chi connectivity index (χ4v) is 1.70. The van der Waals surface area contributed by atoms with E-state index in [9.17, 15) is 0 Å². The van der Waals surface area contributed by atoms with Crippen molar-refractivity contribution < 1.29 is 0 Å². The monoisotopic (exact) mass is 148 g/mol. The molecule has 2 heteroatoms. The third-order valence-electron chi connectivity index (χ3n) is 1.36. The molecule has 1 aromatic heterocycles. The molecule has 1 aromatic carbocycles. The molecule has 0 atom stereocenters. The Morgan fingerprint density at radius 3 is 2.60 bits per heavy atom. The lowest BCUT2D eigenvalue weighted by atomic mass is 10.3. The van der Waals surface area contributed by atoms with Crippen LogP contribution in [0.1, 0.15) is 0 Å². The highest BCUT2D eigenvalue weighted by Crippen LogP contribution is 2.18. The molecule has 2 aromatic rings. The van der Waals surface area contributed by atoms with Crippen LogP contribution < -0.4 is 6.15 Å². The Morgan fingerprint density at radius 2 is 1.80 bits per heavy atom. The van der Waals surface area contributed by atoms with Gasteiger partial charge in [-0.25, -0.2) is 0 Å². The normalized spacial score (nSPS) is 9.20. The van der Waals surface area contributed by atoms with Crippen molar-refractivity contribution in [3.63, 3.8) is 0 Å². The molecule has 2 rings (SSSR count). The highest BCUT2D eigenvalue weighted by Gasteiger charge is 1.87. The summed E-state index contributed by atoms with van der Waals surface area (Å²) in [5, 5.41) is 3.47. The van der Waals surface area contributed by atoms with Gasteiger partial charge in [0, 0.05) is 10.9 Å². The van der Waals surface area contributed by atoms with Gasteiger partial charge < -0.3 is 0 Å². The molecular weight excluding hydrogens is 142 g/mol. The molecule has 49 valence electrons. The van der Waals surface area contributed by atoms with Crippen molar-refractivity contribution in [1.29, 1.82) is 0 Å². The first-order valence-electron chi connectivity index (χ1n) is 2.89. The van der Waals surface area contributed by atoms with Crippen molar-refractivity contribution in [2.45, 2.75) is 0 Å². The van der Waals surface area contributed by atoms with Crippen molar-refractivity contribution >= 4 is 21.4 Å². The Bertz CT molecular complexity index is 283. The molecule has 0 aliphatic rings. The summed E-state index contributed by atoms with van der Waals surface area (Å²) in [6.07, 6.45) is 0. The van der Waals surface area contributed by atoms with Gasteiger partial charge in [0.1, 0.15) is 0 Å². The first-order chi connectivity index (χ1) is 4.47. The molecule has 10 heavy (non-hydrogen) atoms. The standard InChI is InChI=1S/C8H6S.N/c1-2-4-8-7(3-1)5-6-9-8;/h1-6H;. The van der Waals surface area contributed by atoms with E-state index in [0.717, 1.165) is 0 Å². The third kappa shape index (κ3) is 1.03. The van der Waals surface area contributed by atoms with E-state index in [2.05, 4.69) is 35.7 Å². The summed E-state index contributed by atoms with van der Waals surface area (Å²) in [5.41, 5.74) is 0. The summed E-state index contributed by atoms with van der Waals surface area (Å²) in [6.45, 7) is 0. The topological polar surface area (TPSA) is 30.5 Å². The van der Waals surface area contributed by atoms with E-state index in [4.69, 9.17) is 0 Å². The average molecular weight is 148 g/mol. The molecule has 3 radical (unpaired) electrons. The van der Waals surface area contributed by atoms with E-state index < -0.39 is 0 Å². The quantitative estimate of drug-likeness (QED) is 0.549. The van der Waals surface area contributed by atoms with Crippen LogP contribution in [0.5, 0.6) is 0 Å². The van der Waals surface area contributed by atoms with E-state index in [-0.39, 0.29) is 6.15 Å². The lowest BCUT2D eigenvalue weighted by Gasteiger charge is -1.82. The number of hydrogen-bond donors (Lipinski definition) is 0. The highest BCUT2D eigenvalue weighted by atomic mass is 32.1. The summed E-state index contributed by atoms with van der Waals surface area (Å²) < 4.78 is 1.37. The molecule has 0 amide bonds. The Kier molecular flexibility index (Phi) is 2.04. The maximum Gasteiger partial charge on any atom is 0.0342 e. The van der Waals surface area contributed by atoms with E-state index in [1.165, 1.54) is 10.1 Å². The van der Waals surface area contributed by atoms with Crippen LogP contribution >= 0.6 is 11.3 Å². The molecule has 0 bridgehead atoms. The van der Waals surface area contributed by atoms with Crippen molar-refractivity contribution in [1.82, 2.24) is 6.15 Å². The van der Waals surface area contributed by atoms with Crippen LogP contribution in [0.15, 0.2) is 35.7 Å². The molecule has 0 saturated heterocycles. The van der Waals surface area contributed by atoms with Crippen molar-refractivity contribution in [3.8, 4) is 0 Å². The van der Waals surface area contributed by atoms with Gasteiger partial charge >= 0.3 is 0 Å². The van der Waals surface area contributed by atoms with E-state index in [1.54, 1.807) is 11.3 Å². The SMILES string of the molecule is [N].c1ccc2sccc2c1. The molecule has 1 heterocycles. The first-order valence-corrected chi connectivity index (χ1v) is 3.77. The third-order valence-corrected chi connectivity index (χ3v) is 2.26. The Labute approximate surface area is 63.9 Å². The molecule has 0 fully saturated rings. The van der Waals surface area contributed by atoms with Crippen LogP contribution in [-0.2, 0) is 0 Å². The number of benzene rings is 1. The second-order valence-electron chi connectivity index (χ2n) is 1.96. The first kappa shape index (κ1) is 7.25. The van der Waals surface area contributed by atoms with Gasteiger partial charge in [0.25, 0.3) is 0 Å². The maximum absolute atomic E-state index is 2.14. The molecule has 0 spiro atoms. The van der Waals surface area contributed by atoms with Gasteiger partial charge in [0.05, 0.1) is 0 Å². The zero-order valence-corrected chi connectivity index (χ0v) is 6.14. The second kappa shape index (κ2) is 2.82. The predicted octanol–water partition coefficient (Wildman–Crippen LogP) is 2.42. The Morgan fingerprint density at radius 1 is 1.00 bits per heavy atom.